The molecule has 0 bridgehead atoms. The minimum absolute atomic E-state index is 0.235. The van der Waals surface area contributed by atoms with Crippen LogP contribution in [0.4, 0.5) is 5.13 Å². The Morgan fingerprint density at radius 3 is 2.70 bits per heavy atom. The van der Waals surface area contributed by atoms with Crippen molar-refractivity contribution >= 4 is 28.5 Å². The Bertz CT molecular complexity index is 1060. The number of aromatic nitrogens is 1. The van der Waals surface area contributed by atoms with Crippen LogP contribution in [0.3, 0.4) is 0 Å². The average Bonchev–Trinajstić information content (AvgIpc) is 3.21. The zero-order chi connectivity index (χ0) is 21.5. The number of nitrogens with one attached hydrogen (secondary N) is 1. The molecule has 0 saturated heterocycles. The number of aryl methyl sites for hydroxylation is 2. The van der Waals surface area contributed by atoms with Gasteiger partial charge in [-0.15, -0.1) is 11.3 Å². The van der Waals surface area contributed by atoms with Gasteiger partial charge in [-0.2, -0.15) is 0 Å². The first-order valence-corrected chi connectivity index (χ1v) is 10.7. The van der Waals surface area contributed by atoms with Gasteiger partial charge >= 0.3 is 0 Å². The van der Waals surface area contributed by atoms with E-state index in [4.69, 9.17) is 9.47 Å². The summed E-state index contributed by atoms with van der Waals surface area (Å²) >= 11 is 1.41. The van der Waals surface area contributed by atoms with Crippen molar-refractivity contribution in [2.45, 2.75) is 27.2 Å². The molecular formula is C24H26N2O3S. The molecule has 5 nitrogen and oxygen atoms in total. The fourth-order valence-electron chi connectivity index (χ4n) is 2.80. The van der Waals surface area contributed by atoms with Crippen molar-refractivity contribution in [1.29, 1.82) is 0 Å². The summed E-state index contributed by atoms with van der Waals surface area (Å²) in [5.74, 6) is 1.10. The van der Waals surface area contributed by atoms with E-state index in [0.717, 1.165) is 23.2 Å². The maximum absolute atomic E-state index is 12.3. The first-order chi connectivity index (χ1) is 14.5. The highest BCUT2D eigenvalue weighted by Crippen LogP contribution is 2.29. The lowest BCUT2D eigenvalue weighted by atomic mass is 10.1. The second-order valence-corrected chi connectivity index (χ2v) is 7.78. The van der Waals surface area contributed by atoms with Gasteiger partial charge in [0.2, 0.25) is 5.91 Å². The van der Waals surface area contributed by atoms with E-state index in [1.807, 2.05) is 29.6 Å². The molecule has 2 aromatic carbocycles. The van der Waals surface area contributed by atoms with Crippen molar-refractivity contribution in [3.05, 3.63) is 64.5 Å². The van der Waals surface area contributed by atoms with E-state index in [1.54, 1.807) is 13.2 Å². The second kappa shape index (κ2) is 10.1. The number of hydrogen-bond donors (Lipinski definition) is 1. The predicted octanol–water partition coefficient (Wildman–Crippen LogP) is 5.88. The van der Waals surface area contributed by atoms with Crippen molar-refractivity contribution in [3.8, 4) is 22.8 Å². The van der Waals surface area contributed by atoms with Crippen molar-refractivity contribution in [2.24, 2.45) is 0 Å². The summed E-state index contributed by atoms with van der Waals surface area (Å²) in [6.45, 7) is 6.84. The van der Waals surface area contributed by atoms with E-state index in [1.165, 1.54) is 28.5 Å². The molecule has 0 aliphatic carbocycles. The van der Waals surface area contributed by atoms with Crippen molar-refractivity contribution in [1.82, 2.24) is 4.98 Å². The molecule has 1 heterocycles. The molecule has 30 heavy (non-hydrogen) atoms. The third kappa shape index (κ3) is 5.48. The highest BCUT2D eigenvalue weighted by atomic mass is 32.1. The molecule has 6 heteroatoms. The zero-order valence-corrected chi connectivity index (χ0v) is 18.5. The molecule has 0 spiro atoms. The van der Waals surface area contributed by atoms with Crippen LogP contribution in [0.15, 0.2) is 47.9 Å². The number of methoxy groups -OCH3 is 1. The van der Waals surface area contributed by atoms with Gasteiger partial charge in [-0.3, -0.25) is 10.1 Å². The van der Waals surface area contributed by atoms with E-state index >= 15 is 0 Å². The molecule has 1 N–H and O–H groups in total. The molecule has 0 aliphatic heterocycles. The first-order valence-electron chi connectivity index (χ1n) is 9.83. The van der Waals surface area contributed by atoms with Crippen LogP contribution in [0.5, 0.6) is 11.5 Å². The second-order valence-electron chi connectivity index (χ2n) is 6.92. The summed E-state index contributed by atoms with van der Waals surface area (Å²) in [7, 11) is 1.60. The molecular weight excluding hydrogens is 396 g/mol. The SMILES string of the molecule is CCCOc1ccc(/C=C/C(=O)Nc2nc(-c3ccc(C)c(C)c3)cs2)cc1OC. The number of carbonyl (C=O) groups excluding carboxylic acids is 1. The Morgan fingerprint density at radius 1 is 1.13 bits per heavy atom. The van der Waals surface area contributed by atoms with E-state index < -0.39 is 0 Å². The molecule has 0 aliphatic rings. The molecule has 0 fully saturated rings. The molecule has 1 amide bonds. The third-order valence-electron chi connectivity index (χ3n) is 4.61. The maximum Gasteiger partial charge on any atom is 0.250 e. The van der Waals surface area contributed by atoms with Crippen LogP contribution in [0.2, 0.25) is 0 Å². The van der Waals surface area contributed by atoms with Gasteiger partial charge in [0, 0.05) is 17.0 Å². The van der Waals surface area contributed by atoms with Gasteiger partial charge in [0.25, 0.3) is 0 Å². The minimum Gasteiger partial charge on any atom is -0.493 e. The summed E-state index contributed by atoms with van der Waals surface area (Å²) < 4.78 is 11.0. The van der Waals surface area contributed by atoms with Crippen molar-refractivity contribution in [2.75, 3.05) is 19.0 Å². The summed E-state index contributed by atoms with van der Waals surface area (Å²) in [6, 6.07) is 11.8. The highest BCUT2D eigenvalue weighted by molar-refractivity contribution is 7.14. The van der Waals surface area contributed by atoms with Gasteiger partial charge in [0.1, 0.15) is 0 Å². The van der Waals surface area contributed by atoms with Crippen LogP contribution >= 0.6 is 11.3 Å². The van der Waals surface area contributed by atoms with E-state index in [0.29, 0.717) is 23.2 Å². The van der Waals surface area contributed by atoms with Gasteiger partial charge in [0.05, 0.1) is 19.4 Å². The Labute approximate surface area is 181 Å². The summed E-state index contributed by atoms with van der Waals surface area (Å²) in [6.07, 6.45) is 4.14. The van der Waals surface area contributed by atoms with E-state index in [-0.39, 0.29) is 5.91 Å². The fourth-order valence-corrected chi connectivity index (χ4v) is 3.53. The topological polar surface area (TPSA) is 60.5 Å². The van der Waals surface area contributed by atoms with Crippen LogP contribution in [-0.4, -0.2) is 24.6 Å². The Balaban J connectivity index is 1.65. The van der Waals surface area contributed by atoms with Crippen LogP contribution in [0, 0.1) is 13.8 Å². The summed E-state index contributed by atoms with van der Waals surface area (Å²) in [5, 5.41) is 5.34. The zero-order valence-electron chi connectivity index (χ0n) is 17.7. The predicted molar refractivity (Wildman–Crippen MR) is 123 cm³/mol. The number of anilines is 1. The largest absolute Gasteiger partial charge is 0.493 e. The molecule has 0 radical (unpaired) electrons. The Morgan fingerprint density at radius 2 is 1.97 bits per heavy atom. The smallest absolute Gasteiger partial charge is 0.250 e. The molecule has 0 unspecified atom stereocenters. The summed E-state index contributed by atoms with van der Waals surface area (Å²) in [5.41, 5.74) is 5.21. The minimum atomic E-state index is -0.235. The van der Waals surface area contributed by atoms with Gasteiger partial charge in [0.15, 0.2) is 16.6 Å². The van der Waals surface area contributed by atoms with Gasteiger partial charge in [-0.05, 0) is 61.2 Å². The number of hydrogen-bond acceptors (Lipinski definition) is 5. The number of benzene rings is 2. The molecule has 1 aromatic heterocycles. The van der Waals surface area contributed by atoms with Gasteiger partial charge in [-0.1, -0.05) is 25.1 Å². The van der Waals surface area contributed by atoms with Crippen molar-refractivity contribution in [3.63, 3.8) is 0 Å². The first kappa shape index (κ1) is 21.6. The molecule has 3 rings (SSSR count). The van der Waals surface area contributed by atoms with E-state index in [2.05, 4.69) is 43.2 Å². The highest BCUT2D eigenvalue weighted by Gasteiger charge is 2.08. The number of carbonyl (C=O) groups is 1. The average molecular weight is 423 g/mol. The van der Waals surface area contributed by atoms with Crippen LogP contribution < -0.4 is 14.8 Å². The Hall–Kier alpha value is -3.12. The molecule has 156 valence electrons. The standard InChI is InChI=1S/C24H26N2O3S/c1-5-12-29-21-10-7-18(14-22(21)28-4)8-11-23(27)26-24-25-20(15-30-24)19-9-6-16(2)17(3)13-19/h6-11,13-15H,5,12H2,1-4H3,(H,25,26,27)/b11-8+. The quantitative estimate of drug-likeness (QED) is 0.461. The number of amides is 1. The number of thiazole rings is 1. The monoisotopic (exact) mass is 422 g/mol. The van der Waals surface area contributed by atoms with Crippen molar-refractivity contribution < 1.29 is 14.3 Å². The lowest BCUT2D eigenvalue weighted by Gasteiger charge is -2.10. The summed E-state index contributed by atoms with van der Waals surface area (Å²) in [4.78, 5) is 16.8. The number of ether oxygens (including phenoxy) is 2. The molecule has 0 saturated carbocycles. The van der Waals surface area contributed by atoms with Crippen LogP contribution in [0.1, 0.15) is 30.0 Å². The molecule has 3 aromatic rings. The third-order valence-corrected chi connectivity index (χ3v) is 5.37. The van der Waals surface area contributed by atoms with Crippen LogP contribution in [-0.2, 0) is 4.79 Å². The Kier molecular flexibility index (Phi) is 7.25. The normalized spacial score (nSPS) is 10.9. The fraction of sp³-hybridized carbons (Fsp3) is 0.250. The van der Waals surface area contributed by atoms with Crippen LogP contribution in [0.25, 0.3) is 17.3 Å². The number of nitrogens with zero attached hydrogens (tertiary/aromatic N) is 1. The molecule has 0 atom stereocenters. The lowest BCUT2D eigenvalue weighted by molar-refractivity contribution is -0.111. The van der Waals surface area contributed by atoms with Gasteiger partial charge < -0.3 is 9.47 Å². The van der Waals surface area contributed by atoms with E-state index in [9.17, 15) is 4.79 Å². The van der Waals surface area contributed by atoms with Gasteiger partial charge in [-0.25, -0.2) is 4.98 Å². The maximum atomic E-state index is 12.3. The number of rotatable bonds is 8. The lowest BCUT2D eigenvalue weighted by Crippen LogP contribution is -2.07.